The fourth-order valence-corrected chi connectivity index (χ4v) is 3.95. The van der Waals surface area contributed by atoms with Crippen LogP contribution in [0.3, 0.4) is 0 Å². The second-order valence-corrected chi connectivity index (χ2v) is 6.69. The van der Waals surface area contributed by atoms with Gasteiger partial charge in [-0.15, -0.1) is 0 Å². The minimum Gasteiger partial charge on any atom is -0.493 e. The van der Waals surface area contributed by atoms with Crippen molar-refractivity contribution in [2.75, 3.05) is 26.8 Å². The van der Waals surface area contributed by atoms with E-state index in [1.54, 1.807) is 7.11 Å². The van der Waals surface area contributed by atoms with Crippen LogP contribution in [0.5, 0.6) is 11.5 Å². The Morgan fingerprint density at radius 1 is 1.19 bits per heavy atom. The summed E-state index contributed by atoms with van der Waals surface area (Å²) in [5.41, 5.74) is 0.464. The quantitative estimate of drug-likeness (QED) is 0.794. The molecule has 21 heavy (non-hydrogen) atoms. The summed E-state index contributed by atoms with van der Waals surface area (Å²) in [6, 6.07) is 7.91. The van der Waals surface area contributed by atoms with Gasteiger partial charge in [0.1, 0.15) is 0 Å². The first-order valence-electron chi connectivity index (χ1n) is 8.23. The summed E-state index contributed by atoms with van der Waals surface area (Å²) in [5, 5.41) is 3.56. The first-order chi connectivity index (χ1) is 10.3. The maximum absolute atomic E-state index is 5.99. The molecule has 1 N–H and O–H groups in total. The number of hydrogen-bond donors (Lipinski definition) is 1. The van der Waals surface area contributed by atoms with Crippen LogP contribution in [0.2, 0.25) is 0 Å². The van der Waals surface area contributed by atoms with Gasteiger partial charge in [-0.25, -0.2) is 0 Å². The summed E-state index contributed by atoms with van der Waals surface area (Å²) in [4.78, 5) is 0. The second-order valence-electron chi connectivity index (χ2n) is 6.69. The van der Waals surface area contributed by atoms with E-state index in [-0.39, 0.29) is 0 Å². The fraction of sp³-hybridized carbons (Fsp3) is 0.667. The zero-order chi connectivity index (χ0) is 14.7. The van der Waals surface area contributed by atoms with Crippen molar-refractivity contribution in [3.05, 3.63) is 24.3 Å². The van der Waals surface area contributed by atoms with Crippen LogP contribution in [0.15, 0.2) is 24.3 Å². The van der Waals surface area contributed by atoms with Gasteiger partial charge in [0.05, 0.1) is 13.7 Å². The Balaban J connectivity index is 1.55. The van der Waals surface area contributed by atoms with Crippen molar-refractivity contribution in [1.29, 1.82) is 0 Å². The molecule has 2 atom stereocenters. The van der Waals surface area contributed by atoms with Crippen molar-refractivity contribution in [1.82, 2.24) is 5.32 Å². The minimum atomic E-state index is 0.464. The molecule has 2 fully saturated rings. The van der Waals surface area contributed by atoms with Gasteiger partial charge in [-0.3, -0.25) is 0 Å². The van der Waals surface area contributed by atoms with E-state index in [1.165, 1.54) is 19.3 Å². The van der Waals surface area contributed by atoms with E-state index in [4.69, 9.17) is 9.47 Å². The normalized spacial score (nSPS) is 30.0. The van der Waals surface area contributed by atoms with Gasteiger partial charge in [0, 0.05) is 6.54 Å². The molecular formula is C18H27NO2. The molecule has 0 saturated heterocycles. The van der Waals surface area contributed by atoms with Crippen molar-refractivity contribution in [2.24, 2.45) is 17.3 Å². The number of rotatable bonds is 8. The van der Waals surface area contributed by atoms with Crippen molar-refractivity contribution >= 4 is 0 Å². The van der Waals surface area contributed by atoms with Gasteiger partial charge in [-0.2, -0.15) is 0 Å². The summed E-state index contributed by atoms with van der Waals surface area (Å²) in [6.45, 7) is 5.18. The van der Waals surface area contributed by atoms with Crippen LogP contribution in [0.4, 0.5) is 0 Å². The van der Waals surface area contributed by atoms with Crippen LogP contribution in [0.25, 0.3) is 0 Å². The predicted molar refractivity (Wildman–Crippen MR) is 84.9 cm³/mol. The first-order valence-corrected chi connectivity index (χ1v) is 8.23. The van der Waals surface area contributed by atoms with E-state index < -0.39 is 0 Å². The Morgan fingerprint density at radius 2 is 1.90 bits per heavy atom. The lowest BCUT2D eigenvalue weighted by atomic mass is 9.80. The summed E-state index contributed by atoms with van der Waals surface area (Å²) in [5.74, 6) is 3.71. The van der Waals surface area contributed by atoms with Crippen molar-refractivity contribution < 1.29 is 9.47 Å². The standard InChI is InChI=1S/C18H27NO2/c1-3-19-13-18(11-14-10-15(14)12-18)8-9-21-17-7-5-4-6-16(17)20-2/h4-7,14-15,19H,3,8-13H2,1-2H3. The van der Waals surface area contributed by atoms with Gasteiger partial charge in [0.25, 0.3) is 0 Å². The number of ether oxygens (including phenoxy) is 2. The number of fused-ring (bicyclic) bond motifs is 1. The Labute approximate surface area is 128 Å². The van der Waals surface area contributed by atoms with E-state index in [9.17, 15) is 0 Å². The molecule has 2 aliphatic carbocycles. The van der Waals surface area contributed by atoms with Crippen LogP contribution in [0.1, 0.15) is 32.6 Å². The van der Waals surface area contributed by atoms with Gasteiger partial charge in [0.15, 0.2) is 11.5 Å². The largest absolute Gasteiger partial charge is 0.493 e. The molecule has 116 valence electrons. The zero-order valence-corrected chi connectivity index (χ0v) is 13.2. The van der Waals surface area contributed by atoms with Crippen molar-refractivity contribution in [3.8, 4) is 11.5 Å². The van der Waals surface area contributed by atoms with Crippen LogP contribution in [-0.4, -0.2) is 26.8 Å². The van der Waals surface area contributed by atoms with E-state index in [0.717, 1.165) is 49.5 Å². The number of para-hydroxylation sites is 2. The number of benzene rings is 1. The molecule has 1 aromatic rings. The van der Waals surface area contributed by atoms with Crippen LogP contribution in [0, 0.1) is 17.3 Å². The van der Waals surface area contributed by atoms with Crippen molar-refractivity contribution in [3.63, 3.8) is 0 Å². The van der Waals surface area contributed by atoms with Gasteiger partial charge in [-0.05, 0) is 61.6 Å². The maximum atomic E-state index is 5.99. The Morgan fingerprint density at radius 3 is 2.57 bits per heavy atom. The lowest BCUT2D eigenvalue weighted by Gasteiger charge is -2.31. The van der Waals surface area contributed by atoms with Crippen molar-refractivity contribution in [2.45, 2.75) is 32.6 Å². The van der Waals surface area contributed by atoms with Gasteiger partial charge in [-0.1, -0.05) is 19.1 Å². The topological polar surface area (TPSA) is 30.5 Å². The lowest BCUT2D eigenvalue weighted by Crippen LogP contribution is -2.34. The molecule has 2 aliphatic rings. The van der Waals surface area contributed by atoms with Gasteiger partial charge in [0.2, 0.25) is 0 Å². The second kappa shape index (κ2) is 6.27. The lowest BCUT2D eigenvalue weighted by molar-refractivity contribution is 0.174. The minimum absolute atomic E-state index is 0.464. The monoisotopic (exact) mass is 289 g/mol. The molecule has 3 nitrogen and oxygen atoms in total. The average molecular weight is 289 g/mol. The predicted octanol–water partition coefficient (Wildman–Crippen LogP) is 3.49. The molecule has 0 aliphatic heterocycles. The summed E-state index contributed by atoms with van der Waals surface area (Å²) in [7, 11) is 1.69. The summed E-state index contributed by atoms with van der Waals surface area (Å²) >= 11 is 0. The van der Waals surface area contributed by atoms with E-state index >= 15 is 0 Å². The molecular weight excluding hydrogens is 262 g/mol. The zero-order valence-electron chi connectivity index (χ0n) is 13.2. The third-order valence-electron chi connectivity index (χ3n) is 5.17. The molecule has 0 amide bonds. The number of methoxy groups -OCH3 is 1. The Kier molecular flexibility index (Phi) is 4.39. The van der Waals surface area contributed by atoms with E-state index in [0.29, 0.717) is 5.41 Å². The summed E-state index contributed by atoms with van der Waals surface area (Å²) < 4.78 is 11.3. The fourth-order valence-electron chi connectivity index (χ4n) is 3.95. The third-order valence-corrected chi connectivity index (χ3v) is 5.17. The van der Waals surface area contributed by atoms with Gasteiger partial charge < -0.3 is 14.8 Å². The highest BCUT2D eigenvalue weighted by atomic mass is 16.5. The molecule has 3 rings (SSSR count). The molecule has 0 aromatic heterocycles. The maximum Gasteiger partial charge on any atom is 0.161 e. The van der Waals surface area contributed by atoms with Crippen LogP contribution in [-0.2, 0) is 0 Å². The highest BCUT2D eigenvalue weighted by Gasteiger charge is 2.53. The van der Waals surface area contributed by atoms with Crippen LogP contribution >= 0.6 is 0 Å². The van der Waals surface area contributed by atoms with Crippen LogP contribution < -0.4 is 14.8 Å². The van der Waals surface area contributed by atoms with E-state index in [2.05, 4.69) is 12.2 Å². The molecule has 0 spiro atoms. The average Bonchev–Trinajstić information content (AvgIpc) is 3.13. The third kappa shape index (κ3) is 3.34. The summed E-state index contributed by atoms with van der Waals surface area (Å²) in [6.07, 6.45) is 5.40. The number of nitrogens with one attached hydrogen (secondary N) is 1. The Bertz CT molecular complexity index is 464. The molecule has 1 aromatic carbocycles. The molecule has 0 radical (unpaired) electrons. The Hall–Kier alpha value is -1.22. The van der Waals surface area contributed by atoms with E-state index in [1.807, 2.05) is 24.3 Å². The highest BCUT2D eigenvalue weighted by Crippen LogP contribution is 2.60. The van der Waals surface area contributed by atoms with Gasteiger partial charge >= 0.3 is 0 Å². The molecule has 0 bridgehead atoms. The first kappa shape index (κ1) is 14.7. The number of hydrogen-bond acceptors (Lipinski definition) is 3. The SMILES string of the molecule is CCNCC1(CCOc2ccccc2OC)CC2CC2C1. The highest BCUT2D eigenvalue weighted by molar-refractivity contribution is 5.39. The molecule has 2 unspecified atom stereocenters. The molecule has 3 heteroatoms. The molecule has 0 heterocycles. The molecule has 2 saturated carbocycles. The smallest absolute Gasteiger partial charge is 0.161 e.